The molecule has 0 aliphatic carbocycles. The molecule has 1 N–H and O–H groups in total. The number of anilines is 2. The van der Waals surface area contributed by atoms with Gasteiger partial charge in [-0.2, -0.15) is 0 Å². The maximum atomic E-state index is 13.8. The van der Waals surface area contributed by atoms with Gasteiger partial charge in [0.25, 0.3) is 0 Å². The predicted molar refractivity (Wildman–Crippen MR) is 168 cm³/mol. The zero-order valence-electron chi connectivity index (χ0n) is 24.9. The summed E-state index contributed by atoms with van der Waals surface area (Å²) in [5.41, 5.74) is 5.37. The normalized spacial score (nSPS) is 14.3. The number of rotatable bonds is 7. The number of aryl methyl sites for hydroxylation is 1. The van der Waals surface area contributed by atoms with Crippen LogP contribution in [0.25, 0.3) is 21.9 Å². The van der Waals surface area contributed by atoms with E-state index in [0.29, 0.717) is 18.8 Å². The average Bonchev–Trinajstić information content (AvgIpc) is 2.95. The van der Waals surface area contributed by atoms with Crippen LogP contribution in [0.1, 0.15) is 51.2 Å². The van der Waals surface area contributed by atoms with Crippen molar-refractivity contribution in [1.82, 2.24) is 4.98 Å². The van der Waals surface area contributed by atoms with Gasteiger partial charge in [-0.25, -0.2) is 4.98 Å². The summed E-state index contributed by atoms with van der Waals surface area (Å²) >= 11 is 0. The molecular weight excluding hydrogens is 510 g/mol. The number of aliphatic hydroxyl groups excluding tert-OH is 1. The molecule has 0 unspecified atom stereocenters. The maximum Gasteiger partial charge on any atom is 0.229 e. The molecule has 1 aliphatic rings. The van der Waals surface area contributed by atoms with E-state index in [9.17, 15) is 9.90 Å². The molecule has 0 saturated carbocycles. The highest BCUT2D eigenvalue weighted by atomic mass is 16.5. The summed E-state index contributed by atoms with van der Waals surface area (Å²) in [7, 11) is 1.69. The molecule has 41 heavy (non-hydrogen) atoms. The first-order valence-corrected chi connectivity index (χ1v) is 14.5. The Hall–Kier alpha value is -3.90. The van der Waals surface area contributed by atoms with Crippen molar-refractivity contribution in [1.29, 1.82) is 0 Å². The lowest BCUT2D eigenvalue weighted by molar-refractivity contribution is -0.120. The van der Waals surface area contributed by atoms with Crippen molar-refractivity contribution in [3.8, 4) is 16.9 Å². The van der Waals surface area contributed by atoms with Crippen molar-refractivity contribution in [2.75, 3.05) is 30.0 Å². The molecule has 0 bridgehead atoms. The van der Waals surface area contributed by atoms with Crippen molar-refractivity contribution < 1.29 is 14.6 Å². The van der Waals surface area contributed by atoms with Gasteiger partial charge in [0.1, 0.15) is 11.6 Å². The number of hydrogen-bond acceptors (Lipinski definition) is 5. The van der Waals surface area contributed by atoms with Crippen LogP contribution in [0.2, 0.25) is 0 Å². The first-order valence-electron chi connectivity index (χ1n) is 14.5. The molecule has 2 heterocycles. The first kappa shape index (κ1) is 28.6. The van der Waals surface area contributed by atoms with Crippen molar-refractivity contribution in [2.24, 2.45) is 5.41 Å². The Balaban J connectivity index is 1.45. The van der Waals surface area contributed by atoms with E-state index >= 15 is 0 Å². The molecule has 214 valence electrons. The van der Waals surface area contributed by atoms with Crippen molar-refractivity contribution >= 4 is 28.2 Å². The van der Waals surface area contributed by atoms with Crippen LogP contribution in [0.5, 0.6) is 5.75 Å². The number of piperidine rings is 1. The number of aliphatic hydroxyl groups is 1. The van der Waals surface area contributed by atoms with Gasteiger partial charge in [0.05, 0.1) is 19.8 Å². The van der Waals surface area contributed by atoms with E-state index in [1.54, 1.807) is 13.3 Å². The molecular formula is C35H41N3O3. The van der Waals surface area contributed by atoms with Gasteiger partial charge in [-0.15, -0.1) is 0 Å². The Morgan fingerprint density at radius 1 is 1.00 bits per heavy atom. The summed E-state index contributed by atoms with van der Waals surface area (Å²) in [6.07, 6.45) is 3.58. The number of nitrogens with zero attached hydrogens (tertiary/aromatic N) is 3. The second-order valence-corrected chi connectivity index (χ2v) is 12.4. The molecule has 3 aromatic carbocycles. The number of benzene rings is 3. The summed E-state index contributed by atoms with van der Waals surface area (Å²) in [6, 6.07) is 23.0. The fourth-order valence-electron chi connectivity index (χ4n) is 5.56. The second-order valence-electron chi connectivity index (χ2n) is 12.4. The molecule has 5 rings (SSSR count). The van der Waals surface area contributed by atoms with Gasteiger partial charge in [-0.3, -0.25) is 9.69 Å². The van der Waals surface area contributed by atoms with Gasteiger partial charge in [-0.05, 0) is 89.2 Å². The lowest BCUT2D eigenvalue weighted by Gasteiger charge is -2.32. The molecule has 4 aromatic rings. The zero-order chi connectivity index (χ0) is 29.1. The number of ether oxygens (including phenoxy) is 1. The van der Waals surface area contributed by atoms with Gasteiger partial charge in [0.2, 0.25) is 5.91 Å². The fourth-order valence-corrected chi connectivity index (χ4v) is 5.56. The van der Waals surface area contributed by atoms with Crippen LogP contribution >= 0.6 is 0 Å². The summed E-state index contributed by atoms with van der Waals surface area (Å²) < 4.78 is 5.41. The molecule has 6 nitrogen and oxygen atoms in total. The third kappa shape index (κ3) is 6.71. The number of fused-ring (bicyclic) bond motifs is 1. The van der Waals surface area contributed by atoms with Crippen molar-refractivity contribution in [3.05, 3.63) is 84.1 Å². The van der Waals surface area contributed by atoms with E-state index < -0.39 is 0 Å². The van der Waals surface area contributed by atoms with E-state index in [4.69, 9.17) is 9.72 Å². The summed E-state index contributed by atoms with van der Waals surface area (Å²) in [4.78, 5) is 22.7. The molecule has 0 spiro atoms. The summed E-state index contributed by atoms with van der Waals surface area (Å²) in [5.74, 6) is 1.62. The zero-order valence-corrected chi connectivity index (χ0v) is 24.9. The molecule has 1 saturated heterocycles. The fraction of sp³-hybridized carbons (Fsp3) is 0.371. The highest BCUT2D eigenvalue weighted by Gasteiger charge is 2.25. The number of pyridine rings is 1. The van der Waals surface area contributed by atoms with E-state index in [1.165, 1.54) is 0 Å². The van der Waals surface area contributed by atoms with E-state index in [0.717, 1.165) is 70.4 Å². The molecule has 1 aliphatic heterocycles. The van der Waals surface area contributed by atoms with Crippen LogP contribution in [0.3, 0.4) is 0 Å². The predicted octanol–water partition coefficient (Wildman–Crippen LogP) is 7.15. The molecule has 0 radical (unpaired) electrons. The quantitative estimate of drug-likeness (QED) is 0.264. The monoisotopic (exact) mass is 551 g/mol. The Morgan fingerprint density at radius 3 is 2.37 bits per heavy atom. The van der Waals surface area contributed by atoms with Crippen LogP contribution in [-0.4, -0.2) is 42.3 Å². The minimum absolute atomic E-state index is 0.0569. The maximum absolute atomic E-state index is 13.8. The minimum Gasteiger partial charge on any atom is -0.496 e. The number of amides is 1. The smallest absolute Gasteiger partial charge is 0.229 e. The summed E-state index contributed by atoms with van der Waals surface area (Å²) in [5, 5.41) is 11.9. The van der Waals surface area contributed by atoms with Crippen molar-refractivity contribution in [3.63, 3.8) is 0 Å². The molecule has 0 atom stereocenters. The van der Waals surface area contributed by atoms with E-state index in [1.807, 2.05) is 24.0 Å². The van der Waals surface area contributed by atoms with Crippen molar-refractivity contribution in [2.45, 2.75) is 59.6 Å². The molecule has 1 amide bonds. The number of carbonyl (C=O) groups is 1. The van der Waals surface area contributed by atoms with E-state index in [2.05, 4.69) is 80.3 Å². The standard InChI is InChI=1S/C35H41N3O3/c1-24-20-27(10-13-32(24)41-5)26-8-6-25(7-9-26)23-38(33(40)22-35(2,3)4)34-31-12-11-29(21-28(31)14-17-36-34)37-18-15-30(39)16-19-37/h6-14,17,20-21,30,39H,15-16,18-19,22-23H2,1-5H3. The number of aromatic nitrogens is 1. The second kappa shape index (κ2) is 11.9. The Kier molecular flexibility index (Phi) is 8.32. The Bertz CT molecular complexity index is 1520. The molecule has 1 fully saturated rings. The summed E-state index contributed by atoms with van der Waals surface area (Å²) in [6.45, 7) is 10.4. The van der Waals surface area contributed by atoms with Crippen LogP contribution in [0.4, 0.5) is 11.5 Å². The Morgan fingerprint density at radius 2 is 1.71 bits per heavy atom. The van der Waals surface area contributed by atoms with Crippen LogP contribution in [-0.2, 0) is 11.3 Å². The highest BCUT2D eigenvalue weighted by molar-refractivity contribution is 6.03. The van der Waals surface area contributed by atoms with Crippen LogP contribution in [0.15, 0.2) is 72.9 Å². The van der Waals surface area contributed by atoms with Gasteiger partial charge in [0, 0.05) is 36.8 Å². The number of methoxy groups -OCH3 is 1. The van der Waals surface area contributed by atoms with Crippen LogP contribution < -0.4 is 14.5 Å². The number of carbonyl (C=O) groups excluding carboxylic acids is 1. The SMILES string of the molecule is COc1ccc(-c2ccc(CN(C(=O)CC(C)(C)C)c3nccc4cc(N5CCC(O)CC5)ccc34)cc2)cc1C. The third-order valence-electron chi connectivity index (χ3n) is 7.82. The first-order chi connectivity index (χ1) is 19.6. The molecule has 6 heteroatoms. The van der Waals surface area contributed by atoms with Gasteiger partial charge in [-0.1, -0.05) is 51.1 Å². The van der Waals surface area contributed by atoms with E-state index in [-0.39, 0.29) is 17.4 Å². The largest absolute Gasteiger partial charge is 0.496 e. The number of hydrogen-bond donors (Lipinski definition) is 1. The highest BCUT2D eigenvalue weighted by Crippen LogP contribution is 2.33. The lowest BCUT2D eigenvalue weighted by atomic mass is 9.91. The average molecular weight is 552 g/mol. The Labute approximate surface area is 243 Å². The van der Waals surface area contributed by atoms with Crippen LogP contribution in [0, 0.1) is 12.3 Å². The minimum atomic E-state index is -0.209. The third-order valence-corrected chi connectivity index (χ3v) is 7.82. The van der Waals surface area contributed by atoms with Gasteiger partial charge < -0.3 is 14.7 Å². The van der Waals surface area contributed by atoms with Gasteiger partial charge >= 0.3 is 0 Å². The lowest BCUT2D eigenvalue weighted by Crippen LogP contribution is -2.35. The van der Waals surface area contributed by atoms with Gasteiger partial charge in [0.15, 0.2) is 0 Å². The topological polar surface area (TPSA) is 65.9 Å². The molecule has 1 aromatic heterocycles.